The predicted molar refractivity (Wildman–Crippen MR) is 50.8 cm³/mol. The van der Waals surface area contributed by atoms with Crippen LogP contribution in [0.3, 0.4) is 0 Å². The summed E-state index contributed by atoms with van der Waals surface area (Å²) in [6, 6.07) is 0.621. The van der Waals surface area contributed by atoms with Gasteiger partial charge >= 0.3 is 11.2 Å². The number of hydrogen-bond donors (Lipinski definition) is 2. The van der Waals surface area contributed by atoms with Crippen LogP contribution in [0, 0.1) is 10.1 Å². The number of aromatic amines is 1. The lowest BCUT2D eigenvalue weighted by Crippen LogP contribution is -2.15. The van der Waals surface area contributed by atoms with Gasteiger partial charge in [-0.15, -0.1) is 6.58 Å². The lowest BCUT2D eigenvalue weighted by molar-refractivity contribution is -0.386. The summed E-state index contributed by atoms with van der Waals surface area (Å²) in [5.74, 6) is 0. The van der Waals surface area contributed by atoms with Crippen molar-refractivity contribution < 1.29 is 4.92 Å². The standard InChI is InChI=1S/C8H9N3O3/c1-2-6(9)5-3-7(11(13)14)8(12)10-4-5/h2-4,6H,1,9H2,(H,10,12)/t6-/m0/s1. The molecule has 0 bridgehead atoms. The summed E-state index contributed by atoms with van der Waals surface area (Å²) >= 11 is 0. The Balaban J connectivity index is 3.26. The van der Waals surface area contributed by atoms with Gasteiger partial charge in [-0.05, 0) is 5.56 Å². The molecular weight excluding hydrogens is 186 g/mol. The van der Waals surface area contributed by atoms with Gasteiger partial charge < -0.3 is 10.7 Å². The monoisotopic (exact) mass is 195 g/mol. The van der Waals surface area contributed by atoms with Crippen molar-refractivity contribution in [2.24, 2.45) is 5.73 Å². The van der Waals surface area contributed by atoms with E-state index < -0.39 is 22.2 Å². The van der Waals surface area contributed by atoms with Crippen molar-refractivity contribution in [3.05, 3.63) is 50.9 Å². The molecule has 1 aromatic heterocycles. The first kappa shape index (κ1) is 10.1. The highest BCUT2D eigenvalue weighted by Gasteiger charge is 2.14. The summed E-state index contributed by atoms with van der Waals surface area (Å²) in [6.45, 7) is 3.45. The Morgan fingerprint density at radius 1 is 1.71 bits per heavy atom. The summed E-state index contributed by atoms with van der Waals surface area (Å²) in [7, 11) is 0. The molecule has 0 aromatic carbocycles. The van der Waals surface area contributed by atoms with E-state index in [0.717, 1.165) is 6.07 Å². The zero-order valence-corrected chi connectivity index (χ0v) is 7.27. The zero-order chi connectivity index (χ0) is 10.7. The second-order valence-electron chi connectivity index (χ2n) is 2.67. The fourth-order valence-electron chi connectivity index (χ4n) is 0.952. The Morgan fingerprint density at radius 3 is 2.86 bits per heavy atom. The number of nitro groups is 1. The molecule has 0 aliphatic heterocycles. The maximum Gasteiger partial charge on any atom is 0.334 e. The average molecular weight is 195 g/mol. The quantitative estimate of drug-likeness (QED) is 0.415. The third-order valence-corrected chi connectivity index (χ3v) is 1.74. The molecule has 0 unspecified atom stereocenters. The number of nitrogens with zero attached hydrogens (tertiary/aromatic N) is 1. The van der Waals surface area contributed by atoms with Crippen molar-refractivity contribution in [3.8, 4) is 0 Å². The Kier molecular flexibility index (Phi) is 2.78. The minimum absolute atomic E-state index is 0.450. The number of nitrogens with two attached hydrogens (primary N) is 1. The van der Waals surface area contributed by atoms with Gasteiger partial charge in [0.1, 0.15) is 0 Å². The molecule has 1 atom stereocenters. The minimum atomic E-state index is -0.752. The van der Waals surface area contributed by atoms with Crippen molar-refractivity contribution in [1.29, 1.82) is 0 Å². The highest BCUT2D eigenvalue weighted by molar-refractivity contribution is 5.32. The molecular formula is C8H9N3O3. The lowest BCUT2D eigenvalue weighted by Gasteiger charge is -2.04. The summed E-state index contributed by atoms with van der Waals surface area (Å²) in [5.41, 5.74) is 4.75. The third kappa shape index (κ3) is 1.86. The summed E-state index contributed by atoms with van der Waals surface area (Å²) in [6.07, 6.45) is 2.76. The predicted octanol–water partition coefficient (Wildman–Crippen LogP) is 0.469. The molecule has 0 aliphatic carbocycles. The zero-order valence-electron chi connectivity index (χ0n) is 7.27. The van der Waals surface area contributed by atoms with E-state index in [-0.39, 0.29) is 0 Å². The smallest absolute Gasteiger partial charge is 0.323 e. The number of hydrogen-bond acceptors (Lipinski definition) is 4. The summed E-state index contributed by atoms with van der Waals surface area (Å²) in [4.78, 5) is 22.9. The molecule has 0 amide bonds. The Bertz CT molecular complexity index is 424. The fraction of sp³-hybridized carbons (Fsp3) is 0.125. The highest BCUT2D eigenvalue weighted by Crippen LogP contribution is 2.12. The molecule has 0 spiro atoms. The number of pyridine rings is 1. The molecule has 0 saturated heterocycles. The molecule has 3 N–H and O–H groups in total. The van der Waals surface area contributed by atoms with E-state index in [2.05, 4.69) is 11.6 Å². The maximum absolute atomic E-state index is 11.0. The van der Waals surface area contributed by atoms with Gasteiger partial charge in [0.15, 0.2) is 0 Å². The molecule has 1 rings (SSSR count). The molecule has 0 saturated carbocycles. The Hall–Kier alpha value is -1.95. The van der Waals surface area contributed by atoms with Crippen LogP contribution in [0.1, 0.15) is 11.6 Å². The average Bonchev–Trinajstić information content (AvgIpc) is 2.17. The van der Waals surface area contributed by atoms with Crippen LogP contribution < -0.4 is 11.3 Å². The van der Waals surface area contributed by atoms with E-state index >= 15 is 0 Å². The van der Waals surface area contributed by atoms with Crippen LogP contribution in [-0.2, 0) is 0 Å². The van der Waals surface area contributed by atoms with Gasteiger partial charge in [0.2, 0.25) is 0 Å². The van der Waals surface area contributed by atoms with Crippen molar-refractivity contribution in [2.75, 3.05) is 0 Å². The SMILES string of the molecule is C=C[C@H](N)c1c[nH]c(=O)c([N+](=O)[O-])c1. The molecule has 6 heteroatoms. The molecule has 0 aliphatic rings. The largest absolute Gasteiger partial charge is 0.334 e. The van der Waals surface area contributed by atoms with Gasteiger partial charge in [0.25, 0.3) is 0 Å². The normalized spacial score (nSPS) is 12.1. The molecule has 6 nitrogen and oxygen atoms in total. The van der Waals surface area contributed by atoms with E-state index in [0.29, 0.717) is 5.56 Å². The van der Waals surface area contributed by atoms with Gasteiger partial charge in [-0.25, -0.2) is 0 Å². The molecule has 0 fully saturated rings. The Labute approximate surface area is 79.2 Å². The Morgan fingerprint density at radius 2 is 2.36 bits per heavy atom. The second-order valence-corrected chi connectivity index (χ2v) is 2.67. The van der Waals surface area contributed by atoms with E-state index in [1.807, 2.05) is 0 Å². The van der Waals surface area contributed by atoms with E-state index in [4.69, 9.17) is 5.73 Å². The number of H-pyrrole nitrogens is 1. The first-order valence-electron chi connectivity index (χ1n) is 3.81. The van der Waals surface area contributed by atoms with Crippen molar-refractivity contribution >= 4 is 5.69 Å². The van der Waals surface area contributed by atoms with Crippen LogP contribution in [0.25, 0.3) is 0 Å². The minimum Gasteiger partial charge on any atom is -0.323 e. The van der Waals surface area contributed by atoms with Crippen molar-refractivity contribution in [2.45, 2.75) is 6.04 Å². The van der Waals surface area contributed by atoms with Gasteiger partial charge in [-0.3, -0.25) is 14.9 Å². The van der Waals surface area contributed by atoms with E-state index in [1.54, 1.807) is 0 Å². The number of aromatic nitrogens is 1. The molecule has 74 valence electrons. The van der Waals surface area contributed by atoms with Gasteiger partial charge in [0, 0.05) is 18.3 Å². The lowest BCUT2D eigenvalue weighted by atomic mass is 10.1. The first-order chi connectivity index (χ1) is 6.56. The van der Waals surface area contributed by atoms with E-state index in [9.17, 15) is 14.9 Å². The van der Waals surface area contributed by atoms with Crippen LogP contribution in [-0.4, -0.2) is 9.91 Å². The number of rotatable bonds is 3. The molecule has 1 heterocycles. The van der Waals surface area contributed by atoms with Gasteiger partial charge in [0.05, 0.1) is 4.92 Å². The van der Waals surface area contributed by atoms with E-state index in [1.165, 1.54) is 12.3 Å². The third-order valence-electron chi connectivity index (χ3n) is 1.74. The van der Waals surface area contributed by atoms with Crippen molar-refractivity contribution in [3.63, 3.8) is 0 Å². The molecule has 0 radical (unpaired) electrons. The summed E-state index contributed by atoms with van der Waals surface area (Å²) < 4.78 is 0. The number of nitrogens with one attached hydrogen (secondary N) is 1. The molecule has 1 aromatic rings. The van der Waals surface area contributed by atoms with Crippen LogP contribution in [0.2, 0.25) is 0 Å². The van der Waals surface area contributed by atoms with Gasteiger partial charge in [-0.2, -0.15) is 0 Å². The van der Waals surface area contributed by atoms with Crippen LogP contribution in [0.15, 0.2) is 29.7 Å². The van der Waals surface area contributed by atoms with Crippen LogP contribution >= 0.6 is 0 Å². The summed E-state index contributed by atoms with van der Waals surface area (Å²) in [5, 5.41) is 10.4. The highest BCUT2D eigenvalue weighted by atomic mass is 16.6. The van der Waals surface area contributed by atoms with Gasteiger partial charge in [-0.1, -0.05) is 6.08 Å². The maximum atomic E-state index is 11.0. The van der Waals surface area contributed by atoms with Crippen LogP contribution in [0.4, 0.5) is 5.69 Å². The first-order valence-corrected chi connectivity index (χ1v) is 3.81. The van der Waals surface area contributed by atoms with Crippen molar-refractivity contribution in [1.82, 2.24) is 4.98 Å². The molecule has 14 heavy (non-hydrogen) atoms. The second kappa shape index (κ2) is 3.84. The topological polar surface area (TPSA) is 102 Å². The fourth-order valence-corrected chi connectivity index (χ4v) is 0.952. The van der Waals surface area contributed by atoms with Crippen LogP contribution in [0.5, 0.6) is 0 Å².